The van der Waals surface area contributed by atoms with E-state index in [9.17, 15) is 0 Å². The highest BCUT2D eigenvalue weighted by atomic mass is 32.1. The van der Waals surface area contributed by atoms with Crippen molar-refractivity contribution in [3.8, 4) is 0 Å². The number of unbranched alkanes of at least 4 members (excludes halogenated alkanes) is 1. The smallest absolute Gasteiger partial charge is 0.169 e. The second kappa shape index (κ2) is 7.42. The highest BCUT2D eigenvalue weighted by molar-refractivity contribution is 7.80. The molecule has 1 nitrogen and oxygen atoms in total. The highest BCUT2D eigenvalue weighted by Crippen LogP contribution is 2.15. The molecule has 0 unspecified atom stereocenters. The Kier molecular flexibility index (Phi) is 5.53. The lowest BCUT2D eigenvalue weighted by atomic mass is 10.0. The largest absolute Gasteiger partial charge is 0.205 e. The molecule has 0 atom stereocenters. The summed E-state index contributed by atoms with van der Waals surface area (Å²) < 4.78 is 2.27. The second-order valence-corrected chi connectivity index (χ2v) is 5.29. The van der Waals surface area contributed by atoms with E-state index in [2.05, 4.69) is 66.0 Å². The lowest BCUT2D eigenvalue weighted by Gasteiger charge is -2.04. The van der Waals surface area contributed by atoms with Gasteiger partial charge in [-0.2, -0.15) is 12.6 Å². The third-order valence-electron chi connectivity index (χ3n) is 3.38. The summed E-state index contributed by atoms with van der Waals surface area (Å²) >= 11 is 4.23. The van der Waals surface area contributed by atoms with E-state index in [4.69, 9.17) is 0 Å². The van der Waals surface area contributed by atoms with Crippen molar-refractivity contribution in [1.29, 1.82) is 0 Å². The zero-order valence-corrected chi connectivity index (χ0v) is 11.7. The number of allylic oxidation sites excluding steroid dienone is 4. The summed E-state index contributed by atoms with van der Waals surface area (Å²) in [4.78, 5) is 0. The van der Waals surface area contributed by atoms with Crippen LogP contribution in [0.1, 0.15) is 24.8 Å². The third-order valence-corrected chi connectivity index (χ3v) is 3.69. The van der Waals surface area contributed by atoms with Crippen LogP contribution in [0.5, 0.6) is 0 Å². The van der Waals surface area contributed by atoms with Crippen LogP contribution in [-0.4, -0.2) is 5.75 Å². The van der Waals surface area contributed by atoms with Crippen LogP contribution in [-0.2, 0) is 13.0 Å². The lowest BCUT2D eigenvalue weighted by molar-refractivity contribution is -0.697. The number of pyridine rings is 1. The monoisotopic (exact) mass is 260 g/mol. The fraction of sp³-hybridized carbons (Fsp3) is 0.438. The van der Waals surface area contributed by atoms with Crippen LogP contribution in [0.3, 0.4) is 0 Å². The molecule has 0 N–H and O–H groups in total. The Labute approximate surface area is 116 Å². The van der Waals surface area contributed by atoms with Crippen LogP contribution in [0.4, 0.5) is 0 Å². The number of hydrogen-bond donors (Lipinski definition) is 1. The van der Waals surface area contributed by atoms with E-state index in [-0.39, 0.29) is 0 Å². The standard InChI is InChI=1S/C16H21NS/c18-14-4-3-11-17-12-9-16(10-13-17)8-7-15-5-1-2-6-15/h1-2,5-6,9-10,12-13,15H,3-4,7-8,11,14H2/p+1. The highest BCUT2D eigenvalue weighted by Gasteiger charge is 2.05. The van der Waals surface area contributed by atoms with Crippen molar-refractivity contribution in [2.24, 2.45) is 5.92 Å². The molecule has 1 aromatic rings. The third kappa shape index (κ3) is 4.34. The maximum atomic E-state index is 4.23. The van der Waals surface area contributed by atoms with Crippen LogP contribution in [0.2, 0.25) is 0 Å². The van der Waals surface area contributed by atoms with Gasteiger partial charge < -0.3 is 0 Å². The maximum Gasteiger partial charge on any atom is 0.169 e. The van der Waals surface area contributed by atoms with Crippen LogP contribution < -0.4 is 4.57 Å². The van der Waals surface area contributed by atoms with Gasteiger partial charge in [0.15, 0.2) is 12.4 Å². The Balaban J connectivity index is 1.76. The number of aryl methyl sites for hydroxylation is 2. The van der Waals surface area contributed by atoms with Gasteiger partial charge in [-0.25, -0.2) is 4.57 Å². The molecule has 18 heavy (non-hydrogen) atoms. The van der Waals surface area contributed by atoms with Crippen molar-refractivity contribution in [2.75, 3.05) is 5.75 Å². The molecule has 0 spiro atoms. The normalized spacial score (nSPS) is 14.5. The zero-order valence-electron chi connectivity index (χ0n) is 10.8. The molecular formula is C16H22NS+. The average Bonchev–Trinajstić information content (AvgIpc) is 2.91. The summed E-state index contributed by atoms with van der Waals surface area (Å²) in [6, 6.07) is 4.51. The van der Waals surface area contributed by atoms with Crippen molar-refractivity contribution in [3.05, 3.63) is 54.4 Å². The van der Waals surface area contributed by atoms with Gasteiger partial charge in [-0.05, 0) is 36.5 Å². The van der Waals surface area contributed by atoms with E-state index in [1.54, 1.807) is 0 Å². The molecular weight excluding hydrogens is 238 g/mol. The molecule has 1 aromatic heterocycles. The maximum absolute atomic E-state index is 4.23. The number of thiol groups is 1. The van der Waals surface area contributed by atoms with Crippen LogP contribution >= 0.6 is 12.6 Å². The minimum absolute atomic E-state index is 0.646. The van der Waals surface area contributed by atoms with E-state index in [1.165, 1.54) is 24.8 Å². The molecule has 2 heteroatoms. The quantitative estimate of drug-likeness (QED) is 0.435. The van der Waals surface area contributed by atoms with Gasteiger partial charge in [0, 0.05) is 18.6 Å². The summed E-state index contributed by atoms with van der Waals surface area (Å²) in [6.07, 6.45) is 18.0. The zero-order chi connectivity index (χ0) is 12.6. The van der Waals surface area contributed by atoms with E-state index in [1.807, 2.05) is 0 Å². The number of aromatic nitrogens is 1. The fourth-order valence-electron chi connectivity index (χ4n) is 2.21. The van der Waals surface area contributed by atoms with Gasteiger partial charge in [0.05, 0.1) is 0 Å². The molecule has 1 aliphatic carbocycles. The van der Waals surface area contributed by atoms with E-state index in [0.29, 0.717) is 5.92 Å². The molecule has 0 saturated carbocycles. The minimum atomic E-state index is 0.646. The average molecular weight is 260 g/mol. The molecule has 2 rings (SSSR count). The molecule has 96 valence electrons. The molecule has 0 fully saturated rings. The Morgan fingerprint density at radius 3 is 2.44 bits per heavy atom. The molecule has 0 amide bonds. The second-order valence-electron chi connectivity index (χ2n) is 4.85. The van der Waals surface area contributed by atoms with E-state index >= 15 is 0 Å². The first-order valence-corrected chi connectivity index (χ1v) is 7.45. The van der Waals surface area contributed by atoms with Gasteiger partial charge in [0.1, 0.15) is 6.54 Å². The first-order chi connectivity index (χ1) is 8.88. The van der Waals surface area contributed by atoms with Crippen LogP contribution in [0.15, 0.2) is 48.8 Å². The lowest BCUT2D eigenvalue weighted by Crippen LogP contribution is -2.32. The Morgan fingerprint density at radius 2 is 1.78 bits per heavy atom. The van der Waals surface area contributed by atoms with Gasteiger partial charge in [0.2, 0.25) is 0 Å². The molecule has 0 aliphatic heterocycles. The number of rotatable bonds is 7. The molecule has 0 bridgehead atoms. The number of hydrogen-bond acceptors (Lipinski definition) is 1. The minimum Gasteiger partial charge on any atom is -0.205 e. The SMILES string of the molecule is SCCCC[n+]1ccc(CCC2C=CC=C2)cc1. The topological polar surface area (TPSA) is 3.88 Å². The van der Waals surface area contributed by atoms with Crippen molar-refractivity contribution in [2.45, 2.75) is 32.2 Å². The summed E-state index contributed by atoms with van der Waals surface area (Å²) in [5.41, 5.74) is 1.44. The van der Waals surface area contributed by atoms with Gasteiger partial charge in [-0.3, -0.25) is 0 Å². The predicted octanol–water partition coefficient (Wildman–Crippen LogP) is 3.36. The van der Waals surface area contributed by atoms with Gasteiger partial charge >= 0.3 is 0 Å². The Hall–Kier alpha value is -1.02. The molecule has 1 heterocycles. The van der Waals surface area contributed by atoms with Crippen molar-refractivity contribution in [3.63, 3.8) is 0 Å². The van der Waals surface area contributed by atoms with E-state index < -0.39 is 0 Å². The summed E-state index contributed by atoms with van der Waals surface area (Å²) in [5.74, 6) is 1.63. The first-order valence-electron chi connectivity index (χ1n) is 6.82. The molecule has 0 saturated heterocycles. The van der Waals surface area contributed by atoms with Gasteiger partial charge in [-0.15, -0.1) is 0 Å². The molecule has 1 aliphatic rings. The van der Waals surface area contributed by atoms with Crippen LogP contribution in [0, 0.1) is 5.92 Å². The van der Waals surface area contributed by atoms with Gasteiger partial charge in [0.25, 0.3) is 0 Å². The summed E-state index contributed by atoms with van der Waals surface area (Å²) in [7, 11) is 0. The van der Waals surface area contributed by atoms with Crippen LogP contribution in [0.25, 0.3) is 0 Å². The fourth-order valence-corrected chi connectivity index (χ4v) is 2.44. The summed E-state index contributed by atoms with van der Waals surface area (Å²) in [6.45, 7) is 1.11. The predicted molar refractivity (Wildman–Crippen MR) is 79.8 cm³/mol. The van der Waals surface area contributed by atoms with Gasteiger partial charge in [-0.1, -0.05) is 24.3 Å². The van der Waals surface area contributed by atoms with Crippen molar-refractivity contribution < 1.29 is 4.57 Å². The van der Waals surface area contributed by atoms with Crippen molar-refractivity contribution in [1.82, 2.24) is 0 Å². The van der Waals surface area contributed by atoms with Crippen molar-refractivity contribution >= 4 is 12.6 Å². The summed E-state index contributed by atoms with van der Waals surface area (Å²) in [5, 5.41) is 0. The Bertz CT molecular complexity index is 394. The molecule has 0 aromatic carbocycles. The Morgan fingerprint density at radius 1 is 1.06 bits per heavy atom. The van der Waals surface area contributed by atoms with E-state index in [0.717, 1.165) is 18.7 Å². The first kappa shape index (κ1) is 13.4. The number of nitrogens with zero attached hydrogens (tertiary/aromatic N) is 1. The molecule has 0 radical (unpaired) electrons.